The second-order valence-corrected chi connectivity index (χ2v) is 5.21. The van der Waals surface area contributed by atoms with Crippen LogP contribution in [0.2, 0.25) is 0 Å². The van der Waals surface area contributed by atoms with Gasteiger partial charge in [-0.3, -0.25) is 0 Å². The Bertz CT molecular complexity index is 938. The van der Waals surface area contributed by atoms with Crippen molar-refractivity contribution in [3.05, 3.63) is 71.7 Å². The summed E-state index contributed by atoms with van der Waals surface area (Å²) in [6.45, 7) is 1.96. The topological polar surface area (TPSA) is 67.9 Å². The Morgan fingerprint density at radius 2 is 1.88 bits per heavy atom. The smallest absolute Gasteiger partial charge is 0.358 e. The number of aromatic nitrogens is 2. The summed E-state index contributed by atoms with van der Waals surface area (Å²) < 4.78 is 19.8. The standard InChI is InChI=1S/C19H14FN3O2/c1-2-25-19(24)17-11-18(14-5-3-13(12-21)4-6-14)23(22-17)16-9-7-15(20)8-10-16/h3-11H,2H2,1H3. The van der Waals surface area contributed by atoms with Crippen molar-refractivity contribution in [1.29, 1.82) is 5.26 Å². The van der Waals surface area contributed by atoms with E-state index in [1.807, 2.05) is 0 Å². The number of benzene rings is 2. The predicted octanol–water partition coefficient (Wildman–Crippen LogP) is 3.73. The first-order valence-corrected chi connectivity index (χ1v) is 7.66. The van der Waals surface area contributed by atoms with Gasteiger partial charge in [-0.05, 0) is 49.4 Å². The normalized spacial score (nSPS) is 10.3. The Morgan fingerprint density at radius 3 is 2.48 bits per heavy atom. The molecule has 0 spiro atoms. The summed E-state index contributed by atoms with van der Waals surface area (Å²) in [5.74, 6) is -0.889. The minimum Gasteiger partial charge on any atom is -0.461 e. The molecule has 3 aromatic rings. The van der Waals surface area contributed by atoms with E-state index >= 15 is 0 Å². The van der Waals surface area contributed by atoms with Crippen molar-refractivity contribution in [2.75, 3.05) is 6.61 Å². The third-order valence-corrected chi connectivity index (χ3v) is 3.57. The number of rotatable bonds is 4. The Labute approximate surface area is 143 Å². The van der Waals surface area contributed by atoms with Gasteiger partial charge in [-0.1, -0.05) is 12.1 Å². The fourth-order valence-corrected chi connectivity index (χ4v) is 2.39. The number of carbonyl (C=O) groups is 1. The number of ether oxygens (including phenoxy) is 1. The van der Waals surface area contributed by atoms with E-state index in [1.54, 1.807) is 54.1 Å². The molecule has 0 aliphatic heterocycles. The SMILES string of the molecule is CCOC(=O)c1cc(-c2ccc(C#N)cc2)n(-c2ccc(F)cc2)n1. The van der Waals surface area contributed by atoms with Crippen molar-refractivity contribution in [2.24, 2.45) is 0 Å². The molecule has 0 atom stereocenters. The molecule has 5 nitrogen and oxygen atoms in total. The lowest BCUT2D eigenvalue weighted by molar-refractivity contribution is 0.0519. The Hall–Kier alpha value is -3.46. The monoisotopic (exact) mass is 335 g/mol. The van der Waals surface area contributed by atoms with Gasteiger partial charge in [0.1, 0.15) is 5.82 Å². The van der Waals surface area contributed by atoms with Crippen LogP contribution in [0.5, 0.6) is 0 Å². The minimum absolute atomic E-state index is 0.158. The molecule has 25 heavy (non-hydrogen) atoms. The van der Waals surface area contributed by atoms with Crippen molar-refractivity contribution in [1.82, 2.24) is 9.78 Å². The molecule has 3 rings (SSSR count). The molecule has 0 N–H and O–H groups in total. The van der Waals surface area contributed by atoms with Gasteiger partial charge in [-0.2, -0.15) is 10.4 Å². The molecule has 0 unspecified atom stereocenters. The number of carbonyl (C=O) groups excluding carboxylic acids is 1. The van der Waals surface area contributed by atoms with E-state index in [4.69, 9.17) is 10.00 Å². The molecular weight excluding hydrogens is 321 g/mol. The van der Waals surface area contributed by atoms with E-state index in [0.717, 1.165) is 5.56 Å². The molecule has 0 aliphatic carbocycles. The highest BCUT2D eigenvalue weighted by atomic mass is 19.1. The van der Waals surface area contributed by atoms with Crippen molar-refractivity contribution in [2.45, 2.75) is 6.92 Å². The summed E-state index contributed by atoms with van der Waals surface area (Å²) in [6, 6.07) is 16.4. The molecule has 0 aliphatic rings. The molecule has 0 amide bonds. The maximum absolute atomic E-state index is 13.2. The lowest BCUT2D eigenvalue weighted by Gasteiger charge is -2.07. The van der Waals surface area contributed by atoms with Crippen LogP contribution in [-0.2, 0) is 4.74 Å². The van der Waals surface area contributed by atoms with Crippen LogP contribution in [0.25, 0.3) is 16.9 Å². The lowest BCUT2D eigenvalue weighted by Crippen LogP contribution is -2.06. The van der Waals surface area contributed by atoms with E-state index in [1.165, 1.54) is 12.1 Å². The molecule has 0 fully saturated rings. The van der Waals surface area contributed by atoms with Gasteiger partial charge in [0.15, 0.2) is 5.69 Å². The zero-order chi connectivity index (χ0) is 17.8. The molecule has 0 saturated carbocycles. The third kappa shape index (κ3) is 3.40. The summed E-state index contributed by atoms with van der Waals surface area (Å²) >= 11 is 0. The largest absolute Gasteiger partial charge is 0.461 e. The van der Waals surface area contributed by atoms with E-state index < -0.39 is 5.97 Å². The maximum Gasteiger partial charge on any atom is 0.358 e. The van der Waals surface area contributed by atoms with E-state index in [0.29, 0.717) is 16.9 Å². The quantitative estimate of drug-likeness (QED) is 0.681. The van der Waals surface area contributed by atoms with Gasteiger partial charge >= 0.3 is 5.97 Å². The first-order valence-electron chi connectivity index (χ1n) is 7.66. The van der Waals surface area contributed by atoms with Crippen molar-refractivity contribution >= 4 is 5.97 Å². The van der Waals surface area contributed by atoms with E-state index in [-0.39, 0.29) is 18.1 Å². The van der Waals surface area contributed by atoms with Gasteiger partial charge in [0.25, 0.3) is 0 Å². The zero-order valence-corrected chi connectivity index (χ0v) is 13.4. The number of esters is 1. The first-order chi connectivity index (χ1) is 12.1. The van der Waals surface area contributed by atoms with Crippen LogP contribution in [-0.4, -0.2) is 22.4 Å². The summed E-state index contributed by atoms with van der Waals surface area (Å²) in [7, 11) is 0. The number of hydrogen-bond acceptors (Lipinski definition) is 4. The molecule has 6 heteroatoms. The zero-order valence-electron chi connectivity index (χ0n) is 13.4. The molecule has 124 valence electrons. The molecular formula is C19H14FN3O2. The lowest BCUT2D eigenvalue weighted by atomic mass is 10.1. The van der Waals surface area contributed by atoms with Crippen molar-refractivity contribution in [3.63, 3.8) is 0 Å². The second-order valence-electron chi connectivity index (χ2n) is 5.21. The van der Waals surface area contributed by atoms with Crippen LogP contribution in [0.3, 0.4) is 0 Å². The van der Waals surface area contributed by atoms with E-state index in [2.05, 4.69) is 11.2 Å². The van der Waals surface area contributed by atoms with Crippen molar-refractivity contribution < 1.29 is 13.9 Å². The Balaban J connectivity index is 2.12. The first kappa shape index (κ1) is 16.4. The van der Waals surface area contributed by atoms with Crippen LogP contribution >= 0.6 is 0 Å². The minimum atomic E-state index is -0.529. The molecule has 1 aromatic heterocycles. The van der Waals surface area contributed by atoms with E-state index in [9.17, 15) is 9.18 Å². The van der Waals surface area contributed by atoms with Crippen LogP contribution in [0.4, 0.5) is 4.39 Å². The van der Waals surface area contributed by atoms with Gasteiger partial charge in [0, 0.05) is 5.56 Å². The van der Waals surface area contributed by atoms with Crippen molar-refractivity contribution in [3.8, 4) is 23.0 Å². The fraction of sp³-hybridized carbons (Fsp3) is 0.105. The number of hydrogen-bond donors (Lipinski definition) is 0. The van der Waals surface area contributed by atoms with Crippen LogP contribution in [0, 0.1) is 17.1 Å². The summed E-state index contributed by atoms with van der Waals surface area (Å²) in [6.07, 6.45) is 0. The summed E-state index contributed by atoms with van der Waals surface area (Å²) in [4.78, 5) is 12.0. The van der Waals surface area contributed by atoms with Gasteiger partial charge in [-0.25, -0.2) is 13.9 Å². The number of nitrogens with zero attached hydrogens (tertiary/aromatic N) is 3. The maximum atomic E-state index is 13.2. The molecule has 1 heterocycles. The van der Waals surface area contributed by atoms with Crippen LogP contribution in [0.1, 0.15) is 23.0 Å². The highest BCUT2D eigenvalue weighted by molar-refractivity contribution is 5.89. The van der Waals surface area contributed by atoms with Gasteiger partial charge in [-0.15, -0.1) is 0 Å². The number of halogens is 1. The average molecular weight is 335 g/mol. The van der Waals surface area contributed by atoms with Crippen LogP contribution < -0.4 is 0 Å². The second kappa shape index (κ2) is 6.97. The number of nitriles is 1. The molecule has 0 bridgehead atoms. The molecule has 0 saturated heterocycles. The third-order valence-electron chi connectivity index (χ3n) is 3.57. The summed E-state index contributed by atoms with van der Waals surface area (Å²) in [5, 5.41) is 13.2. The predicted molar refractivity (Wildman–Crippen MR) is 89.6 cm³/mol. The summed E-state index contributed by atoms with van der Waals surface area (Å²) in [5.41, 5.74) is 2.70. The molecule has 2 aromatic carbocycles. The Kier molecular flexibility index (Phi) is 4.57. The van der Waals surface area contributed by atoms with Gasteiger partial charge in [0.2, 0.25) is 0 Å². The molecule has 0 radical (unpaired) electrons. The average Bonchev–Trinajstić information content (AvgIpc) is 3.08. The highest BCUT2D eigenvalue weighted by Crippen LogP contribution is 2.25. The van der Waals surface area contributed by atoms with Gasteiger partial charge < -0.3 is 4.74 Å². The van der Waals surface area contributed by atoms with Gasteiger partial charge in [0.05, 0.1) is 29.6 Å². The highest BCUT2D eigenvalue weighted by Gasteiger charge is 2.17. The fourth-order valence-electron chi connectivity index (χ4n) is 2.39. The van der Waals surface area contributed by atoms with Crippen LogP contribution in [0.15, 0.2) is 54.6 Å². The Morgan fingerprint density at radius 1 is 1.20 bits per heavy atom.